The lowest BCUT2D eigenvalue weighted by atomic mass is 9.99. The molecule has 0 radical (unpaired) electrons. The maximum Gasteiger partial charge on any atom is 0.255 e. The normalized spacial score (nSPS) is 16.7. The van der Waals surface area contributed by atoms with Crippen LogP contribution in [0.2, 0.25) is 0 Å². The number of ether oxygens (including phenoxy) is 1. The minimum Gasteiger partial charge on any atom is -0.493 e. The number of nitrogens with one attached hydrogen (secondary N) is 2. The van der Waals surface area contributed by atoms with Gasteiger partial charge in [-0.3, -0.25) is 4.79 Å². The molecule has 3 aromatic rings. The van der Waals surface area contributed by atoms with Crippen LogP contribution in [0, 0.1) is 0 Å². The van der Waals surface area contributed by atoms with Crippen molar-refractivity contribution >= 4 is 22.6 Å². The molecule has 0 bridgehead atoms. The summed E-state index contributed by atoms with van der Waals surface area (Å²) in [6.07, 6.45) is 4.24. The zero-order valence-corrected chi connectivity index (χ0v) is 12.4. The van der Waals surface area contributed by atoms with E-state index in [2.05, 4.69) is 15.3 Å². The number of nitrogens with zero attached hydrogens (tertiary/aromatic N) is 1. The van der Waals surface area contributed by atoms with Crippen LogP contribution in [0.25, 0.3) is 11.0 Å². The third-order valence-corrected chi connectivity index (χ3v) is 4.07. The number of fused-ring (bicyclic) bond motifs is 2. The highest BCUT2D eigenvalue weighted by molar-refractivity contribution is 6.08. The van der Waals surface area contributed by atoms with Gasteiger partial charge in [-0.25, -0.2) is 4.98 Å². The Morgan fingerprint density at radius 3 is 3.17 bits per heavy atom. The predicted molar refractivity (Wildman–Crippen MR) is 87.5 cm³/mol. The summed E-state index contributed by atoms with van der Waals surface area (Å²) < 4.78 is 5.62. The van der Waals surface area contributed by atoms with Gasteiger partial charge in [-0.05, 0) is 24.3 Å². The van der Waals surface area contributed by atoms with E-state index < -0.39 is 0 Å². The number of benzene rings is 1. The highest BCUT2D eigenvalue weighted by Crippen LogP contribution is 2.31. The van der Waals surface area contributed by atoms with E-state index in [1.54, 1.807) is 30.6 Å². The summed E-state index contributed by atoms with van der Waals surface area (Å²) in [4.78, 5) is 19.7. The summed E-state index contributed by atoms with van der Waals surface area (Å²) in [6, 6.07) is 9.02. The van der Waals surface area contributed by atoms with Crippen LogP contribution in [0.15, 0.2) is 42.7 Å². The van der Waals surface area contributed by atoms with Gasteiger partial charge in [0.2, 0.25) is 0 Å². The lowest BCUT2D eigenvalue weighted by Crippen LogP contribution is -2.21. The van der Waals surface area contributed by atoms with Gasteiger partial charge in [-0.15, -0.1) is 0 Å². The summed E-state index contributed by atoms with van der Waals surface area (Å²) in [5.41, 5.74) is 9.00. The third kappa shape index (κ3) is 2.43. The molecule has 6 nitrogen and oxygen atoms in total. The van der Waals surface area contributed by atoms with Crippen LogP contribution in [-0.4, -0.2) is 22.5 Å². The van der Waals surface area contributed by atoms with E-state index in [4.69, 9.17) is 10.5 Å². The molecule has 1 atom stereocenters. The number of amides is 1. The highest BCUT2D eigenvalue weighted by atomic mass is 16.5. The molecule has 116 valence electrons. The largest absolute Gasteiger partial charge is 0.493 e. The first-order valence-corrected chi connectivity index (χ1v) is 7.48. The monoisotopic (exact) mass is 308 g/mol. The van der Waals surface area contributed by atoms with Gasteiger partial charge < -0.3 is 20.8 Å². The topological polar surface area (TPSA) is 93.0 Å². The van der Waals surface area contributed by atoms with Gasteiger partial charge in [0.05, 0.1) is 12.3 Å². The number of hydrogen-bond acceptors (Lipinski definition) is 4. The molecule has 1 aromatic carbocycles. The van der Waals surface area contributed by atoms with E-state index in [-0.39, 0.29) is 11.9 Å². The smallest absolute Gasteiger partial charge is 0.255 e. The molecule has 4 rings (SSSR count). The quantitative estimate of drug-likeness (QED) is 0.678. The third-order valence-electron chi connectivity index (χ3n) is 4.07. The molecule has 0 saturated heterocycles. The molecule has 3 heterocycles. The molecule has 4 N–H and O–H groups in total. The van der Waals surface area contributed by atoms with Crippen molar-refractivity contribution in [1.29, 1.82) is 0 Å². The maximum atomic E-state index is 12.5. The van der Waals surface area contributed by atoms with E-state index in [0.717, 1.165) is 28.7 Å². The van der Waals surface area contributed by atoms with E-state index in [1.165, 1.54) is 0 Å². The molecule has 1 aliphatic heterocycles. The van der Waals surface area contributed by atoms with E-state index in [0.29, 0.717) is 17.9 Å². The first-order valence-electron chi connectivity index (χ1n) is 7.48. The Bertz CT molecular complexity index is 887. The summed E-state index contributed by atoms with van der Waals surface area (Å²) in [6.45, 7) is 0.577. The lowest BCUT2D eigenvalue weighted by molar-refractivity contribution is 0.102. The second-order valence-corrected chi connectivity index (χ2v) is 5.55. The van der Waals surface area contributed by atoms with Crippen molar-refractivity contribution in [3.63, 3.8) is 0 Å². The molecule has 1 amide bonds. The zero-order chi connectivity index (χ0) is 15.8. The second kappa shape index (κ2) is 5.40. The molecule has 0 fully saturated rings. The van der Waals surface area contributed by atoms with Crippen molar-refractivity contribution < 1.29 is 9.53 Å². The Morgan fingerprint density at radius 2 is 2.26 bits per heavy atom. The second-order valence-electron chi connectivity index (χ2n) is 5.55. The minimum absolute atomic E-state index is 0.0319. The van der Waals surface area contributed by atoms with Crippen LogP contribution in [0.4, 0.5) is 5.69 Å². The summed E-state index contributed by atoms with van der Waals surface area (Å²) in [5.74, 6) is 0.502. The number of carbonyl (C=O) groups excluding carboxylic acids is 1. The van der Waals surface area contributed by atoms with E-state index in [1.807, 2.05) is 12.1 Å². The van der Waals surface area contributed by atoms with Crippen LogP contribution >= 0.6 is 0 Å². The Balaban J connectivity index is 1.63. The molecular weight excluding hydrogens is 292 g/mol. The number of nitrogens with two attached hydrogens (primary N) is 1. The fraction of sp³-hybridized carbons (Fsp3) is 0.176. The van der Waals surface area contributed by atoms with Crippen molar-refractivity contribution in [2.24, 2.45) is 5.73 Å². The maximum absolute atomic E-state index is 12.5. The summed E-state index contributed by atoms with van der Waals surface area (Å²) in [7, 11) is 0. The van der Waals surface area contributed by atoms with E-state index >= 15 is 0 Å². The Hall–Kier alpha value is -2.86. The van der Waals surface area contributed by atoms with Gasteiger partial charge in [0, 0.05) is 41.4 Å². The van der Waals surface area contributed by atoms with Crippen molar-refractivity contribution in [3.8, 4) is 5.75 Å². The fourth-order valence-electron chi connectivity index (χ4n) is 2.82. The number of rotatable bonds is 2. The zero-order valence-electron chi connectivity index (χ0n) is 12.4. The van der Waals surface area contributed by atoms with Crippen molar-refractivity contribution in [2.45, 2.75) is 12.5 Å². The highest BCUT2D eigenvalue weighted by Gasteiger charge is 2.20. The van der Waals surface area contributed by atoms with Gasteiger partial charge in [-0.1, -0.05) is 6.07 Å². The molecule has 6 heteroatoms. The van der Waals surface area contributed by atoms with Crippen molar-refractivity contribution in [3.05, 3.63) is 53.9 Å². The number of pyridine rings is 1. The van der Waals surface area contributed by atoms with Gasteiger partial charge in [-0.2, -0.15) is 0 Å². The Labute approximate surface area is 132 Å². The number of aromatic amines is 1. The fourth-order valence-corrected chi connectivity index (χ4v) is 2.82. The van der Waals surface area contributed by atoms with E-state index in [9.17, 15) is 4.79 Å². The van der Waals surface area contributed by atoms with Crippen LogP contribution in [0.5, 0.6) is 5.75 Å². The average Bonchev–Trinajstić information content (AvgIpc) is 3.04. The van der Waals surface area contributed by atoms with Gasteiger partial charge in [0.1, 0.15) is 11.4 Å². The van der Waals surface area contributed by atoms with Crippen LogP contribution in [0.1, 0.15) is 28.4 Å². The molecule has 0 spiro atoms. The van der Waals surface area contributed by atoms with Gasteiger partial charge in [0.25, 0.3) is 5.91 Å². The predicted octanol–water partition coefficient (Wildman–Crippen LogP) is 2.60. The standard InChI is InChI=1S/C17H16N4O2/c18-13-5-8-23-15-9-10(1-2-11(13)15)17(22)21-14-4-7-20-16-12(14)3-6-19-16/h1-4,6-7,9,13H,5,8,18H2,(H2,19,20,21,22)/t13-/m0/s1. The van der Waals surface area contributed by atoms with Crippen molar-refractivity contribution in [2.75, 3.05) is 11.9 Å². The molecule has 23 heavy (non-hydrogen) atoms. The Morgan fingerprint density at radius 1 is 1.35 bits per heavy atom. The first-order chi connectivity index (χ1) is 11.2. The SMILES string of the molecule is N[C@H]1CCOc2cc(C(=O)Nc3ccnc4[nH]ccc34)ccc21. The molecule has 2 aromatic heterocycles. The van der Waals surface area contributed by atoms with Crippen LogP contribution < -0.4 is 15.8 Å². The number of aromatic nitrogens is 2. The minimum atomic E-state index is -0.191. The average molecular weight is 308 g/mol. The number of carbonyl (C=O) groups is 1. The van der Waals surface area contributed by atoms with Gasteiger partial charge in [0.15, 0.2) is 0 Å². The van der Waals surface area contributed by atoms with Crippen molar-refractivity contribution in [1.82, 2.24) is 9.97 Å². The van der Waals surface area contributed by atoms with Crippen LogP contribution in [-0.2, 0) is 0 Å². The Kier molecular flexibility index (Phi) is 3.24. The molecule has 1 aliphatic rings. The number of hydrogen-bond donors (Lipinski definition) is 3. The lowest BCUT2D eigenvalue weighted by Gasteiger charge is -2.23. The molecule has 0 aliphatic carbocycles. The first kappa shape index (κ1) is 13.8. The van der Waals surface area contributed by atoms with Crippen LogP contribution in [0.3, 0.4) is 0 Å². The molecule has 0 unspecified atom stereocenters. The number of anilines is 1. The summed E-state index contributed by atoms with van der Waals surface area (Å²) >= 11 is 0. The molecular formula is C17H16N4O2. The van der Waals surface area contributed by atoms with Gasteiger partial charge >= 0.3 is 0 Å². The number of H-pyrrole nitrogens is 1. The molecule has 0 saturated carbocycles. The summed E-state index contributed by atoms with van der Waals surface area (Å²) in [5, 5.41) is 3.79.